The van der Waals surface area contributed by atoms with Crippen molar-refractivity contribution in [2.75, 3.05) is 7.11 Å². The zero-order valence-corrected chi connectivity index (χ0v) is 8.95. The number of benzene rings is 1. The molecule has 0 unspecified atom stereocenters. The van der Waals surface area contributed by atoms with Crippen LogP contribution in [0.5, 0.6) is 5.75 Å². The molecule has 1 aromatic rings. The summed E-state index contributed by atoms with van der Waals surface area (Å²) in [7, 11) is 1.44. The molecule has 5 heteroatoms. The number of nitrogens with zero attached hydrogens (tertiary/aromatic N) is 1. The molecule has 0 aromatic heterocycles. The summed E-state index contributed by atoms with van der Waals surface area (Å²) in [6.07, 6.45) is 2.05. The summed E-state index contributed by atoms with van der Waals surface area (Å²) in [5.41, 5.74) is 0.775. The number of hydrogen-bond acceptors (Lipinski definition) is 3. The van der Waals surface area contributed by atoms with E-state index >= 15 is 0 Å². The average Bonchev–Trinajstić information content (AvgIpc) is 3.00. The van der Waals surface area contributed by atoms with Crippen LogP contribution in [-0.2, 0) is 0 Å². The number of halogens is 1. The first-order valence-electron chi connectivity index (χ1n) is 4.66. The quantitative estimate of drug-likeness (QED) is 0.589. The van der Waals surface area contributed by atoms with E-state index in [1.807, 2.05) is 0 Å². The van der Waals surface area contributed by atoms with Gasteiger partial charge in [0, 0.05) is 16.7 Å². The predicted molar refractivity (Wildman–Crippen MR) is 56.6 cm³/mol. The van der Waals surface area contributed by atoms with Gasteiger partial charge in [-0.2, -0.15) is 0 Å². The summed E-state index contributed by atoms with van der Waals surface area (Å²) in [6.45, 7) is 0. The van der Waals surface area contributed by atoms with Gasteiger partial charge in [-0.3, -0.25) is 10.1 Å². The van der Waals surface area contributed by atoms with Crippen LogP contribution >= 0.6 is 11.6 Å². The first-order valence-corrected chi connectivity index (χ1v) is 5.03. The molecule has 1 saturated carbocycles. The second-order valence-electron chi connectivity index (χ2n) is 3.54. The Balaban J connectivity index is 2.58. The van der Waals surface area contributed by atoms with Crippen LogP contribution in [0.4, 0.5) is 5.69 Å². The monoisotopic (exact) mass is 227 g/mol. The first-order chi connectivity index (χ1) is 7.15. The van der Waals surface area contributed by atoms with Gasteiger partial charge in [-0.15, -0.1) is 0 Å². The Morgan fingerprint density at radius 1 is 1.53 bits per heavy atom. The molecule has 0 N–H and O–H groups in total. The van der Waals surface area contributed by atoms with E-state index in [0.717, 1.165) is 18.4 Å². The van der Waals surface area contributed by atoms with Gasteiger partial charge in [-0.1, -0.05) is 11.6 Å². The summed E-state index contributed by atoms with van der Waals surface area (Å²) in [6, 6.07) is 2.95. The minimum absolute atomic E-state index is 0.0104. The predicted octanol–water partition coefficient (Wildman–Crippen LogP) is 3.13. The van der Waals surface area contributed by atoms with Crippen molar-refractivity contribution in [1.29, 1.82) is 0 Å². The van der Waals surface area contributed by atoms with E-state index in [4.69, 9.17) is 16.3 Å². The van der Waals surface area contributed by atoms with Gasteiger partial charge in [0.25, 0.3) is 0 Å². The molecule has 0 spiro atoms. The lowest BCUT2D eigenvalue weighted by Crippen LogP contribution is -1.98. The van der Waals surface area contributed by atoms with Crippen molar-refractivity contribution in [2.24, 2.45) is 0 Å². The number of nitro groups is 1. The van der Waals surface area contributed by atoms with Crippen LogP contribution in [0, 0.1) is 10.1 Å². The van der Waals surface area contributed by atoms with Gasteiger partial charge in [0.1, 0.15) is 0 Å². The molecule has 0 amide bonds. The van der Waals surface area contributed by atoms with E-state index in [0.29, 0.717) is 16.7 Å². The lowest BCUT2D eigenvalue weighted by Gasteiger charge is -2.09. The van der Waals surface area contributed by atoms with Crippen LogP contribution in [0.2, 0.25) is 5.02 Å². The molecule has 4 nitrogen and oxygen atoms in total. The van der Waals surface area contributed by atoms with Crippen LogP contribution < -0.4 is 4.74 Å². The zero-order valence-electron chi connectivity index (χ0n) is 8.20. The summed E-state index contributed by atoms with van der Waals surface area (Å²) in [5.74, 6) is 0.641. The first kappa shape index (κ1) is 10.2. The smallest absolute Gasteiger partial charge is 0.311 e. The van der Waals surface area contributed by atoms with Gasteiger partial charge >= 0.3 is 5.69 Å². The third-order valence-electron chi connectivity index (χ3n) is 2.51. The molecule has 0 heterocycles. The maximum absolute atomic E-state index is 10.8. The Morgan fingerprint density at radius 2 is 2.20 bits per heavy atom. The van der Waals surface area contributed by atoms with Crippen LogP contribution in [0.15, 0.2) is 12.1 Å². The van der Waals surface area contributed by atoms with E-state index in [2.05, 4.69) is 0 Å². The Labute approximate surface area is 92.0 Å². The summed E-state index contributed by atoms with van der Waals surface area (Å²) >= 11 is 6.02. The molecule has 1 aromatic carbocycles. The lowest BCUT2D eigenvalue weighted by atomic mass is 10.1. The van der Waals surface area contributed by atoms with Crippen molar-refractivity contribution in [3.05, 3.63) is 32.8 Å². The number of nitro benzene ring substituents is 1. The van der Waals surface area contributed by atoms with E-state index in [9.17, 15) is 10.1 Å². The standard InChI is InChI=1S/C10H10ClNO3/c1-15-10-8(12(13)14)5-4-7(11)9(10)6-2-3-6/h4-6H,2-3H2,1H3. The van der Waals surface area contributed by atoms with Crippen molar-refractivity contribution in [3.63, 3.8) is 0 Å². The number of methoxy groups -OCH3 is 1. The Morgan fingerprint density at radius 3 is 2.67 bits per heavy atom. The van der Waals surface area contributed by atoms with Crippen LogP contribution in [0.1, 0.15) is 24.3 Å². The van der Waals surface area contributed by atoms with Gasteiger partial charge in [0.15, 0.2) is 0 Å². The van der Waals surface area contributed by atoms with E-state index in [1.54, 1.807) is 6.07 Å². The molecule has 0 atom stereocenters. The fraction of sp³-hybridized carbons (Fsp3) is 0.400. The van der Waals surface area contributed by atoms with Crippen LogP contribution in [-0.4, -0.2) is 12.0 Å². The Kier molecular flexibility index (Phi) is 2.52. The van der Waals surface area contributed by atoms with Crippen LogP contribution in [0.25, 0.3) is 0 Å². The van der Waals surface area contributed by atoms with Crippen molar-refractivity contribution >= 4 is 17.3 Å². The third kappa shape index (κ3) is 1.77. The minimum Gasteiger partial charge on any atom is -0.490 e. The molecule has 1 fully saturated rings. The topological polar surface area (TPSA) is 52.4 Å². The van der Waals surface area contributed by atoms with Gasteiger partial charge in [-0.25, -0.2) is 0 Å². The molecular weight excluding hydrogens is 218 g/mol. The van der Waals surface area contributed by atoms with Crippen molar-refractivity contribution in [1.82, 2.24) is 0 Å². The summed E-state index contributed by atoms with van der Waals surface area (Å²) in [5, 5.41) is 11.3. The Hall–Kier alpha value is -1.29. The third-order valence-corrected chi connectivity index (χ3v) is 2.84. The lowest BCUT2D eigenvalue weighted by molar-refractivity contribution is -0.385. The molecule has 1 aliphatic carbocycles. The van der Waals surface area contributed by atoms with E-state index < -0.39 is 4.92 Å². The molecule has 80 valence electrons. The normalized spacial score (nSPS) is 15.1. The SMILES string of the molecule is COc1c([N+](=O)[O-])ccc(Cl)c1C1CC1. The molecule has 0 aliphatic heterocycles. The van der Waals surface area contributed by atoms with E-state index in [-0.39, 0.29) is 5.69 Å². The highest BCUT2D eigenvalue weighted by atomic mass is 35.5. The minimum atomic E-state index is -0.443. The molecule has 1 aliphatic rings. The Bertz CT molecular complexity index is 415. The molecule has 0 radical (unpaired) electrons. The summed E-state index contributed by atoms with van der Waals surface area (Å²) < 4.78 is 5.09. The molecule has 2 rings (SSSR count). The van der Waals surface area contributed by atoms with Crippen LogP contribution in [0.3, 0.4) is 0 Å². The van der Waals surface area contributed by atoms with Gasteiger partial charge in [0.05, 0.1) is 12.0 Å². The molecular formula is C10H10ClNO3. The maximum atomic E-state index is 10.8. The van der Waals surface area contributed by atoms with Crippen molar-refractivity contribution < 1.29 is 9.66 Å². The fourth-order valence-electron chi connectivity index (χ4n) is 1.67. The second-order valence-corrected chi connectivity index (χ2v) is 3.95. The largest absolute Gasteiger partial charge is 0.490 e. The van der Waals surface area contributed by atoms with Crippen molar-refractivity contribution in [2.45, 2.75) is 18.8 Å². The molecule has 15 heavy (non-hydrogen) atoms. The molecule has 0 saturated heterocycles. The van der Waals surface area contributed by atoms with Gasteiger partial charge < -0.3 is 4.74 Å². The number of ether oxygens (including phenoxy) is 1. The molecule has 0 bridgehead atoms. The fourth-order valence-corrected chi connectivity index (χ4v) is 1.98. The highest BCUT2D eigenvalue weighted by Crippen LogP contribution is 2.50. The van der Waals surface area contributed by atoms with Gasteiger partial charge in [-0.05, 0) is 24.8 Å². The van der Waals surface area contributed by atoms with Gasteiger partial charge in [0.2, 0.25) is 5.75 Å². The number of rotatable bonds is 3. The van der Waals surface area contributed by atoms with E-state index in [1.165, 1.54) is 13.2 Å². The highest BCUT2D eigenvalue weighted by Gasteiger charge is 2.33. The maximum Gasteiger partial charge on any atom is 0.311 e. The summed E-state index contributed by atoms with van der Waals surface area (Å²) in [4.78, 5) is 10.3. The number of hydrogen-bond donors (Lipinski definition) is 0. The second kappa shape index (κ2) is 3.70. The zero-order chi connectivity index (χ0) is 11.0. The van der Waals surface area contributed by atoms with Crippen molar-refractivity contribution in [3.8, 4) is 5.75 Å². The average molecular weight is 228 g/mol. The highest BCUT2D eigenvalue weighted by molar-refractivity contribution is 6.31.